The highest BCUT2D eigenvalue weighted by atomic mass is 16.8. The number of aliphatic imine (C=N–C) groups is 1. The monoisotopic (exact) mass is 1700 g/mol. The van der Waals surface area contributed by atoms with Crippen molar-refractivity contribution in [2.24, 2.45) is 91.0 Å². The molecule has 0 spiro atoms. The van der Waals surface area contributed by atoms with Crippen LogP contribution in [0.1, 0.15) is 55.3 Å². The highest BCUT2D eigenvalue weighted by Crippen LogP contribution is 2.39. The molecule has 51 heteroatoms. The first-order valence-electron chi connectivity index (χ1n) is 39.3. The van der Waals surface area contributed by atoms with Crippen molar-refractivity contribution in [3.8, 4) is 22.5 Å². The topological polar surface area (TPSA) is 893 Å². The molecule has 2 aliphatic carbocycles. The van der Waals surface area contributed by atoms with Gasteiger partial charge in [-0.2, -0.15) is 0 Å². The van der Waals surface area contributed by atoms with Crippen LogP contribution in [0.15, 0.2) is 35.6 Å². The van der Waals surface area contributed by atoms with Crippen LogP contribution in [0.3, 0.4) is 0 Å². The summed E-state index contributed by atoms with van der Waals surface area (Å²) in [4.78, 5) is 43.7. The van der Waals surface area contributed by atoms with Crippen LogP contribution in [0.25, 0.3) is 22.5 Å². The maximum Gasteiger partial charge on any atom is 0.251 e. The van der Waals surface area contributed by atoms with Crippen LogP contribution in [0, 0.1) is 0 Å². The molecule has 0 radical (unpaired) electrons. The van der Waals surface area contributed by atoms with Gasteiger partial charge in [-0.05, 0) is 56.7 Å². The maximum atomic E-state index is 14.5. The highest BCUT2D eigenvalue weighted by Gasteiger charge is 2.58. The van der Waals surface area contributed by atoms with E-state index < -0.39 is 256 Å². The Morgan fingerprint density at radius 1 is 0.445 bits per heavy atom. The molecule has 8 heterocycles. The maximum absolute atomic E-state index is 14.5. The van der Waals surface area contributed by atoms with Gasteiger partial charge in [0.2, 0.25) is 11.8 Å². The standard InChI is InChI=1S/C68H118N24O27/c69-13-31-44(96)48(100)38(77)62(108-31)114-54-26(75)11-24(73)42(94)58(54)118-66-52(104)56(116-64-40(79)50(102)46(98)33(15-71)110-64)35(112-66)19-91-17-29(87-89-91)21-8-22(10-23(9-21)61(107)84-6-2-1-5-37(93)86-28(60(81)106)4-3-7-85-68(82)83)30-18-92(90-88-30)20-36-57(117-65-41(80)51(103)47(99)34(16-72)111-65)53(105)67(113-36)119-59-43(95)25(74)12-27(76)55(59)115-63-39(78)49(101)45(97)32(14-70)109-63/h8-10,17-18,24-28,31-36,38-59,62-67,94-105H,1-7,11-16,19-20,69-80H2,(H2,81,106)(H,84,107)(H,86,93)(H4,82,83,85)/t24-,25+,26+,27-,28-,31+,32-,33-,34+,35-,36+,38+,39-,40+,41-,42+,43-,44+,45-,46+,47-,48+,49-,50+,51-,52-,53+,54-,55+,56-,57+,58-,59+,62+,63-,64+,65-,66+,67-/m0/s1. The van der Waals surface area contributed by atoms with Gasteiger partial charge in [0.05, 0.1) is 61.9 Å². The van der Waals surface area contributed by atoms with Crippen molar-refractivity contribution in [3.05, 3.63) is 36.2 Å². The van der Waals surface area contributed by atoms with Crippen LogP contribution in [-0.4, -0.2) is 393 Å². The van der Waals surface area contributed by atoms with E-state index in [2.05, 4.69) is 36.3 Å². The van der Waals surface area contributed by atoms with Gasteiger partial charge in [0.15, 0.2) is 43.7 Å². The van der Waals surface area contributed by atoms with Crippen molar-refractivity contribution in [1.29, 1.82) is 0 Å². The van der Waals surface area contributed by atoms with Gasteiger partial charge >= 0.3 is 0 Å². The number of nitrogens with one attached hydrogen (secondary N) is 2. The van der Waals surface area contributed by atoms with E-state index in [0.717, 1.165) is 0 Å². The number of hydrogen-bond acceptors (Lipinski definition) is 44. The fraction of sp³-hybridized carbons (Fsp3) is 0.794. The van der Waals surface area contributed by atoms with Gasteiger partial charge in [0, 0.05) is 86.5 Å². The van der Waals surface area contributed by atoms with Crippen molar-refractivity contribution in [2.75, 3.05) is 39.3 Å². The Bertz CT molecular complexity index is 3600. The van der Waals surface area contributed by atoms with E-state index in [1.807, 2.05) is 0 Å². The van der Waals surface area contributed by atoms with E-state index >= 15 is 0 Å². The summed E-state index contributed by atoms with van der Waals surface area (Å²) in [6, 6.07) is -6.37. The number of aromatic nitrogens is 6. The molecule has 3 aromatic rings. The predicted molar refractivity (Wildman–Crippen MR) is 404 cm³/mol. The second-order valence-electron chi connectivity index (χ2n) is 31.3. The molecule has 6 aliphatic heterocycles. The van der Waals surface area contributed by atoms with Crippen LogP contribution in [0.4, 0.5) is 0 Å². The molecule has 44 N–H and O–H groups in total. The summed E-state index contributed by atoms with van der Waals surface area (Å²) < 4.78 is 77.0. The Morgan fingerprint density at radius 3 is 1.17 bits per heavy atom. The number of aliphatic hydroxyl groups excluding tert-OH is 12. The number of nitrogens with two attached hydrogens (primary N) is 15. The molecule has 11 rings (SSSR count). The van der Waals surface area contributed by atoms with E-state index in [-0.39, 0.29) is 125 Å². The number of hydrogen-bond donors (Lipinski definition) is 29. The molecule has 1 aromatic carbocycles. The van der Waals surface area contributed by atoms with E-state index in [4.69, 9.17) is 143 Å². The summed E-state index contributed by atoms with van der Waals surface area (Å²) in [5.41, 5.74) is 91.9. The Balaban J connectivity index is 0.881. The number of ether oxygens (including phenoxy) is 12. The number of carbonyl (C=O) groups is 3. The Kier molecular flexibility index (Phi) is 32.2. The van der Waals surface area contributed by atoms with Gasteiger partial charge in [-0.1, -0.05) is 10.4 Å². The van der Waals surface area contributed by atoms with Crippen molar-refractivity contribution >= 4 is 23.7 Å². The zero-order chi connectivity index (χ0) is 86.4. The molecule has 2 saturated carbocycles. The highest BCUT2D eigenvalue weighted by molar-refractivity contribution is 5.97. The van der Waals surface area contributed by atoms with E-state index in [9.17, 15) is 75.7 Å². The first kappa shape index (κ1) is 93.4. The fourth-order valence-electron chi connectivity index (χ4n) is 15.7. The predicted octanol–water partition coefficient (Wildman–Crippen LogP) is -17.6. The number of unbranched alkanes of at least 4 members (excludes halogenated alkanes) is 1. The molecule has 0 bridgehead atoms. The van der Waals surface area contributed by atoms with Gasteiger partial charge in [0.25, 0.3) is 5.91 Å². The Morgan fingerprint density at radius 2 is 0.807 bits per heavy atom. The lowest BCUT2D eigenvalue weighted by atomic mass is 9.84. The molecule has 3 amide bonds. The van der Waals surface area contributed by atoms with Gasteiger partial charge < -0.3 is 215 Å². The van der Waals surface area contributed by atoms with E-state index in [1.165, 1.54) is 33.9 Å². The normalized spacial score (nSPS) is 41.6. The third-order valence-corrected chi connectivity index (χ3v) is 22.7. The van der Waals surface area contributed by atoms with Crippen LogP contribution in [0.5, 0.6) is 0 Å². The summed E-state index contributed by atoms with van der Waals surface area (Å²) >= 11 is 0. The SMILES string of the molecule is NC[C@@H]1O[C@@H](O[C@H]2[C@H](O[C@@H]3O[C@H](Cn4cc(-c5cc(C(=O)NCCCCC(=O)N[C@@H](CCCN=C(N)N)C(N)=O)cc(-c6cn(C[C@@H]7O[C@H](O[C@H]8[C@H](O)[C@@H](N)C[C@@H](N)[C@@H]8O[C@H]8O[C@H](CN)[C@@H](O)[C@H](O)[C@H]8N)[C@@H](O)[C@H]7O[C@H]7O[C@@H](CN)[C@@H](O)[C@H](O)[C@H]7N)nn6)c5)nn4)[C@@H](O[C@@H]4O[C@H](CN)[C@H](O)[C@@H](O)[C@@H]4N)[C@H]3O)[C@@H](O)[C@H](N)C[C@@H]2N)[C@@H](N)[C@H](O)[C@H]1O. The quantitative estimate of drug-likeness (QED) is 0.0150. The molecule has 2 aromatic heterocycles. The second kappa shape index (κ2) is 41.0. The third kappa shape index (κ3) is 21.4. The zero-order valence-corrected chi connectivity index (χ0v) is 64.8. The lowest BCUT2D eigenvalue weighted by Crippen LogP contribution is -2.68. The number of rotatable bonds is 34. The van der Waals surface area contributed by atoms with Gasteiger partial charge in [0.1, 0.15) is 152 Å². The molecule has 119 heavy (non-hydrogen) atoms. The number of nitrogens with zero attached hydrogens (tertiary/aromatic N) is 7. The number of carbonyl (C=O) groups excluding carboxylic acids is 3. The summed E-state index contributed by atoms with van der Waals surface area (Å²) in [5, 5.41) is 158. The number of aliphatic hydroxyl groups is 12. The molecule has 51 nitrogen and oxygen atoms in total. The van der Waals surface area contributed by atoms with Crippen molar-refractivity contribution in [2.45, 2.75) is 297 Å². The Labute approximate surface area is 680 Å². The third-order valence-electron chi connectivity index (χ3n) is 22.7. The van der Waals surface area contributed by atoms with Crippen molar-refractivity contribution < 1.29 is 133 Å². The van der Waals surface area contributed by atoms with Gasteiger partial charge in [-0.15, -0.1) is 10.2 Å². The summed E-state index contributed by atoms with van der Waals surface area (Å²) in [6.07, 6.45) is -42.0. The number of primary amides is 1. The number of amides is 3. The number of benzene rings is 1. The molecule has 39 atom stereocenters. The average Bonchev–Trinajstić information content (AvgIpc) is 1.65. The zero-order valence-electron chi connectivity index (χ0n) is 64.8. The minimum Gasteiger partial charge on any atom is -0.389 e. The van der Waals surface area contributed by atoms with Crippen LogP contribution in [-0.2, 0) is 79.5 Å². The van der Waals surface area contributed by atoms with Crippen LogP contribution >= 0.6 is 0 Å². The summed E-state index contributed by atoms with van der Waals surface area (Å²) in [6.45, 7) is -1.71. The van der Waals surface area contributed by atoms with E-state index in [1.54, 1.807) is 6.07 Å². The minimum absolute atomic E-state index is 0.00263. The van der Waals surface area contributed by atoms with Crippen LogP contribution in [0.2, 0.25) is 0 Å². The first-order valence-corrected chi connectivity index (χ1v) is 39.3. The molecular formula is C68H118N24O27. The van der Waals surface area contributed by atoms with Gasteiger partial charge in [-0.3, -0.25) is 19.4 Å². The number of guanidine groups is 1. The molecular weight excluding hydrogens is 1580 g/mol. The minimum atomic E-state index is -1.86. The largest absolute Gasteiger partial charge is 0.389 e. The van der Waals surface area contributed by atoms with Gasteiger partial charge in [-0.25, -0.2) is 9.36 Å². The second-order valence-corrected chi connectivity index (χ2v) is 31.3. The summed E-state index contributed by atoms with van der Waals surface area (Å²) in [7, 11) is 0. The molecule has 672 valence electrons. The van der Waals surface area contributed by atoms with Crippen LogP contribution < -0.4 is 96.6 Å². The lowest BCUT2D eigenvalue weighted by molar-refractivity contribution is -0.306. The smallest absolute Gasteiger partial charge is 0.251 e. The average molecular weight is 1700 g/mol. The first-order chi connectivity index (χ1) is 56.5. The Hall–Kier alpha value is -6.26. The lowest BCUT2D eigenvalue weighted by Gasteiger charge is -2.47. The molecule has 0 unspecified atom stereocenters. The summed E-state index contributed by atoms with van der Waals surface area (Å²) in [5.74, 6) is -2.04. The van der Waals surface area contributed by atoms with Crippen molar-refractivity contribution in [3.63, 3.8) is 0 Å². The van der Waals surface area contributed by atoms with Crippen molar-refractivity contribution in [1.82, 2.24) is 40.6 Å². The molecule has 8 aliphatic rings. The molecule has 8 fully saturated rings. The van der Waals surface area contributed by atoms with E-state index in [0.29, 0.717) is 6.42 Å². The molecule has 6 saturated heterocycles. The fourth-order valence-corrected chi connectivity index (χ4v) is 15.7.